The van der Waals surface area contributed by atoms with Crippen LogP contribution in [0.5, 0.6) is 23.0 Å². The number of carbonyl (C=O) groups is 3. The number of methoxy groups -OCH3 is 1. The average molecular weight is 658 g/mol. The smallest absolute Gasteiger partial charge is 0.335 e. The van der Waals surface area contributed by atoms with Gasteiger partial charge in [-0.1, -0.05) is 54.6 Å². The molecule has 1 heterocycles. The van der Waals surface area contributed by atoms with E-state index < -0.39 is 17.8 Å². The number of nitrogens with zero attached hydrogens (tertiary/aromatic N) is 1. The van der Waals surface area contributed by atoms with Gasteiger partial charge in [-0.05, 0) is 82.0 Å². The summed E-state index contributed by atoms with van der Waals surface area (Å²) in [4.78, 5) is 39.3. The van der Waals surface area contributed by atoms with E-state index in [4.69, 9.17) is 18.9 Å². The van der Waals surface area contributed by atoms with Crippen LogP contribution in [0, 0.1) is 0 Å². The zero-order chi connectivity index (χ0) is 31.1. The van der Waals surface area contributed by atoms with E-state index in [-0.39, 0.29) is 12.2 Å². The van der Waals surface area contributed by atoms with E-state index in [0.717, 1.165) is 16.0 Å². The summed E-state index contributed by atoms with van der Waals surface area (Å²) in [7, 11) is 1.58. The Hall–Kier alpha value is -5.09. The maximum Gasteiger partial charge on any atom is 0.335 e. The molecular formula is C34H29BrN2O7. The number of hydrogen-bond acceptors (Lipinski definition) is 7. The Morgan fingerprint density at radius 3 is 2.18 bits per heavy atom. The minimum Gasteiger partial charge on any atom is -0.493 e. The highest BCUT2D eigenvalue weighted by Crippen LogP contribution is 2.39. The van der Waals surface area contributed by atoms with E-state index in [2.05, 4.69) is 21.2 Å². The van der Waals surface area contributed by atoms with Gasteiger partial charge in [-0.2, -0.15) is 0 Å². The topological polar surface area (TPSA) is 103 Å². The summed E-state index contributed by atoms with van der Waals surface area (Å²) in [5.74, 6) is 0.520. The normalized spacial score (nSPS) is 13.9. The molecule has 10 heteroatoms. The minimum atomic E-state index is -0.810. The molecule has 1 aliphatic rings. The third-order valence-corrected chi connectivity index (χ3v) is 7.20. The molecule has 0 saturated carbocycles. The number of anilines is 1. The summed E-state index contributed by atoms with van der Waals surface area (Å²) in [6.07, 6.45) is 1.41. The van der Waals surface area contributed by atoms with Crippen molar-refractivity contribution < 1.29 is 33.3 Å². The molecule has 0 unspecified atom stereocenters. The first kappa shape index (κ1) is 30.4. The van der Waals surface area contributed by atoms with E-state index in [1.165, 1.54) is 6.08 Å². The number of hydrogen-bond donors (Lipinski definition) is 1. The third kappa shape index (κ3) is 6.92. The molecule has 0 atom stereocenters. The highest BCUT2D eigenvalue weighted by molar-refractivity contribution is 9.10. The van der Waals surface area contributed by atoms with Gasteiger partial charge in [0.1, 0.15) is 18.8 Å². The maximum absolute atomic E-state index is 13.3. The highest BCUT2D eigenvalue weighted by atomic mass is 79.9. The Bertz CT molecular complexity index is 1710. The number of amides is 4. The molecule has 44 heavy (non-hydrogen) atoms. The van der Waals surface area contributed by atoms with Gasteiger partial charge in [-0.25, -0.2) is 9.69 Å². The highest BCUT2D eigenvalue weighted by Gasteiger charge is 2.36. The van der Waals surface area contributed by atoms with Gasteiger partial charge >= 0.3 is 6.03 Å². The molecule has 0 aromatic heterocycles. The zero-order valence-corrected chi connectivity index (χ0v) is 25.6. The van der Waals surface area contributed by atoms with Crippen LogP contribution >= 0.6 is 15.9 Å². The number of rotatable bonds is 11. The van der Waals surface area contributed by atoms with Crippen LogP contribution in [0.25, 0.3) is 6.08 Å². The molecule has 1 fully saturated rings. The molecule has 0 radical (unpaired) electrons. The minimum absolute atomic E-state index is 0.196. The number of benzene rings is 4. The van der Waals surface area contributed by atoms with Crippen LogP contribution in [0.4, 0.5) is 10.5 Å². The number of imide groups is 2. The SMILES string of the molecule is CCOc1cc(/C=C2/C(=O)NC(=O)N(c3ccccc3)C2=O)cc(Br)c1OCc1ccc(OCc2ccccc2)c(OC)c1. The number of ether oxygens (including phenoxy) is 4. The second kappa shape index (κ2) is 13.9. The number of carbonyl (C=O) groups excluding carboxylic acids is 3. The lowest BCUT2D eigenvalue weighted by Crippen LogP contribution is -2.54. The lowest BCUT2D eigenvalue weighted by atomic mass is 10.1. The largest absolute Gasteiger partial charge is 0.493 e. The first-order valence-corrected chi connectivity index (χ1v) is 14.6. The Morgan fingerprint density at radius 2 is 1.48 bits per heavy atom. The van der Waals surface area contributed by atoms with Crippen LogP contribution in [0.15, 0.2) is 101 Å². The summed E-state index contributed by atoms with van der Waals surface area (Å²) in [6, 6.07) is 26.4. The molecule has 4 aromatic rings. The Balaban J connectivity index is 1.35. The molecule has 4 amide bonds. The van der Waals surface area contributed by atoms with Crippen molar-refractivity contribution in [3.63, 3.8) is 0 Å². The van der Waals surface area contributed by atoms with Crippen molar-refractivity contribution in [2.24, 2.45) is 0 Å². The van der Waals surface area contributed by atoms with Crippen molar-refractivity contribution in [1.29, 1.82) is 0 Å². The van der Waals surface area contributed by atoms with Gasteiger partial charge in [-0.15, -0.1) is 0 Å². The summed E-state index contributed by atoms with van der Waals surface area (Å²) in [5, 5.41) is 2.23. The van der Waals surface area contributed by atoms with E-state index in [0.29, 0.717) is 51.9 Å². The van der Waals surface area contributed by atoms with Crippen LogP contribution in [0.3, 0.4) is 0 Å². The molecule has 1 N–H and O–H groups in total. The summed E-state index contributed by atoms with van der Waals surface area (Å²) >= 11 is 3.55. The second-order valence-electron chi connectivity index (χ2n) is 9.60. The molecule has 0 aliphatic carbocycles. The van der Waals surface area contributed by atoms with Crippen molar-refractivity contribution in [3.8, 4) is 23.0 Å². The zero-order valence-electron chi connectivity index (χ0n) is 24.0. The van der Waals surface area contributed by atoms with Gasteiger partial charge in [0, 0.05) is 0 Å². The number of halogens is 1. The number of barbiturate groups is 1. The fourth-order valence-corrected chi connectivity index (χ4v) is 5.10. The molecule has 4 aromatic carbocycles. The summed E-state index contributed by atoms with van der Waals surface area (Å²) < 4.78 is 24.1. The molecule has 224 valence electrons. The maximum atomic E-state index is 13.3. The fourth-order valence-electron chi connectivity index (χ4n) is 4.52. The number of nitrogens with one attached hydrogen (secondary N) is 1. The quantitative estimate of drug-likeness (QED) is 0.142. The van der Waals surface area contributed by atoms with Crippen LogP contribution in [-0.4, -0.2) is 31.6 Å². The van der Waals surface area contributed by atoms with Crippen molar-refractivity contribution in [1.82, 2.24) is 5.32 Å². The van der Waals surface area contributed by atoms with E-state index in [9.17, 15) is 14.4 Å². The average Bonchev–Trinajstić information content (AvgIpc) is 3.03. The lowest BCUT2D eigenvalue weighted by molar-refractivity contribution is -0.122. The van der Waals surface area contributed by atoms with Crippen LogP contribution < -0.4 is 29.2 Å². The van der Waals surface area contributed by atoms with Gasteiger partial charge in [0.05, 0.1) is 23.9 Å². The monoisotopic (exact) mass is 656 g/mol. The molecular weight excluding hydrogens is 628 g/mol. The van der Waals surface area contributed by atoms with Crippen molar-refractivity contribution in [3.05, 3.63) is 118 Å². The first-order valence-electron chi connectivity index (χ1n) is 13.8. The molecule has 5 rings (SSSR count). The predicted octanol–water partition coefficient (Wildman–Crippen LogP) is 6.68. The fraction of sp³-hybridized carbons (Fsp3) is 0.147. The van der Waals surface area contributed by atoms with Gasteiger partial charge in [0.15, 0.2) is 23.0 Å². The molecule has 0 bridgehead atoms. The van der Waals surface area contributed by atoms with Crippen LogP contribution in [0.2, 0.25) is 0 Å². The Morgan fingerprint density at radius 1 is 0.773 bits per heavy atom. The third-order valence-electron chi connectivity index (χ3n) is 6.61. The van der Waals surface area contributed by atoms with Crippen molar-refractivity contribution in [2.45, 2.75) is 20.1 Å². The van der Waals surface area contributed by atoms with E-state index in [1.807, 2.05) is 55.5 Å². The van der Waals surface area contributed by atoms with Crippen molar-refractivity contribution in [2.75, 3.05) is 18.6 Å². The summed E-state index contributed by atoms with van der Waals surface area (Å²) in [6.45, 7) is 2.79. The van der Waals surface area contributed by atoms with E-state index >= 15 is 0 Å². The van der Waals surface area contributed by atoms with Gasteiger partial charge < -0.3 is 18.9 Å². The lowest BCUT2D eigenvalue weighted by Gasteiger charge is -2.26. The number of urea groups is 1. The van der Waals surface area contributed by atoms with E-state index in [1.54, 1.807) is 49.6 Å². The van der Waals surface area contributed by atoms with Gasteiger partial charge in [-0.3, -0.25) is 14.9 Å². The first-order chi connectivity index (χ1) is 21.4. The Kier molecular flexibility index (Phi) is 9.61. The molecule has 9 nitrogen and oxygen atoms in total. The van der Waals surface area contributed by atoms with Crippen LogP contribution in [0.1, 0.15) is 23.6 Å². The standard InChI is InChI=1S/C34H29BrN2O7/c1-3-42-30-19-24(16-26-32(38)36-34(40)37(33(26)39)25-12-8-5-9-13-25)17-27(35)31(30)44-21-23-14-15-28(29(18-23)41-2)43-20-22-10-6-4-7-11-22/h4-19H,3,20-21H2,1-2H3,(H,36,38,40)/b26-16-. The Labute approximate surface area is 263 Å². The summed E-state index contributed by atoms with van der Waals surface area (Å²) in [5.41, 5.74) is 2.53. The predicted molar refractivity (Wildman–Crippen MR) is 169 cm³/mol. The molecule has 0 spiro atoms. The van der Waals surface area contributed by atoms with Gasteiger partial charge in [0.2, 0.25) is 0 Å². The molecule has 1 aliphatic heterocycles. The van der Waals surface area contributed by atoms with Crippen LogP contribution in [-0.2, 0) is 22.8 Å². The molecule has 1 saturated heterocycles. The number of para-hydroxylation sites is 1. The van der Waals surface area contributed by atoms with Gasteiger partial charge in [0.25, 0.3) is 11.8 Å². The second-order valence-corrected chi connectivity index (χ2v) is 10.5. The van der Waals surface area contributed by atoms with Crippen molar-refractivity contribution >= 4 is 45.5 Å².